The molecule has 0 aromatic heterocycles. The van der Waals surface area contributed by atoms with Crippen LogP contribution in [0.2, 0.25) is 0 Å². The number of rotatable bonds is 4. The molecule has 8 nitrogen and oxygen atoms in total. The van der Waals surface area contributed by atoms with Gasteiger partial charge in [0.15, 0.2) is 0 Å². The number of halogens is 1. The van der Waals surface area contributed by atoms with E-state index in [1.165, 1.54) is 54.6 Å². The molecule has 3 aromatic carbocycles. The summed E-state index contributed by atoms with van der Waals surface area (Å²) < 4.78 is 25.3. The van der Waals surface area contributed by atoms with Gasteiger partial charge in [0.05, 0.1) is 35.8 Å². The van der Waals surface area contributed by atoms with E-state index in [1.54, 1.807) is 19.1 Å². The molecule has 3 aliphatic rings. The van der Waals surface area contributed by atoms with Crippen LogP contribution in [0.15, 0.2) is 72.8 Å². The summed E-state index contributed by atoms with van der Waals surface area (Å²) >= 11 is 0. The van der Waals surface area contributed by atoms with Crippen LogP contribution in [0.4, 0.5) is 10.1 Å². The lowest BCUT2D eigenvalue weighted by Gasteiger charge is -2.27. The van der Waals surface area contributed by atoms with Gasteiger partial charge in [0, 0.05) is 11.1 Å². The van der Waals surface area contributed by atoms with Crippen molar-refractivity contribution in [3.63, 3.8) is 0 Å². The Morgan fingerprint density at radius 3 is 2.18 bits per heavy atom. The Hall–Kier alpha value is -4.50. The maximum absolute atomic E-state index is 14.2. The molecule has 0 radical (unpaired) electrons. The van der Waals surface area contributed by atoms with E-state index in [4.69, 9.17) is 9.47 Å². The van der Waals surface area contributed by atoms with Gasteiger partial charge in [0.2, 0.25) is 29.0 Å². The molecule has 3 aromatic rings. The molecule has 0 N–H and O–H groups in total. The van der Waals surface area contributed by atoms with Crippen LogP contribution in [0, 0.1) is 17.7 Å². The minimum atomic E-state index is -2.25. The lowest BCUT2D eigenvalue weighted by Crippen LogP contribution is -2.51. The first kappa shape index (κ1) is 23.9. The van der Waals surface area contributed by atoms with Crippen molar-refractivity contribution in [2.45, 2.75) is 18.6 Å². The Morgan fingerprint density at radius 2 is 1.58 bits per heavy atom. The number of carbonyl (C=O) groups excluding carboxylic acids is 5. The number of hydrogen-bond donors (Lipinski definition) is 0. The summed E-state index contributed by atoms with van der Waals surface area (Å²) in [6.07, 6.45) is -1.22. The molecule has 3 atom stereocenters. The molecule has 2 saturated heterocycles. The van der Waals surface area contributed by atoms with Crippen molar-refractivity contribution >= 4 is 35.0 Å². The van der Waals surface area contributed by atoms with Gasteiger partial charge in [-0.1, -0.05) is 36.4 Å². The number of ether oxygens (including phenoxy) is 2. The Balaban J connectivity index is 1.47. The molecule has 6 rings (SSSR count). The summed E-state index contributed by atoms with van der Waals surface area (Å²) in [5.74, 6) is -6.74. The van der Waals surface area contributed by atoms with Crippen molar-refractivity contribution in [1.29, 1.82) is 0 Å². The predicted molar refractivity (Wildman–Crippen MR) is 130 cm³/mol. The largest absolute Gasteiger partial charge is 0.462 e. The van der Waals surface area contributed by atoms with Crippen molar-refractivity contribution in [1.82, 2.24) is 0 Å². The minimum absolute atomic E-state index is 0.105. The zero-order valence-electron chi connectivity index (χ0n) is 20.1. The van der Waals surface area contributed by atoms with Crippen molar-refractivity contribution in [2.75, 3.05) is 11.5 Å². The Kier molecular flexibility index (Phi) is 5.36. The topological polar surface area (TPSA) is 107 Å². The predicted octanol–water partition coefficient (Wildman–Crippen LogP) is 3.70. The van der Waals surface area contributed by atoms with E-state index in [0.29, 0.717) is 0 Å². The molecule has 2 aliphatic heterocycles. The van der Waals surface area contributed by atoms with E-state index < -0.39 is 58.7 Å². The fraction of sp³-hybridized carbons (Fsp3) is 0.207. The summed E-state index contributed by atoms with van der Waals surface area (Å²) in [6.45, 7) is 1.85. The standard InChI is InChI=1S/C29H20FNO7/c1-2-37-28(36)15-10-12-18(13-11-15)31-26(34)21-22(27(31)35)29(38-23(21)16-6-5-7-17(30)14-16)24(32)19-8-3-4-9-20(19)25(29)33/h3-14,21-23H,2H2,1H3/t21-,22+,23-/m1/s1. The van der Waals surface area contributed by atoms with Gasteiger partial charge in [-0.15, -0.1) is 0 Å². The van der Waals surface area contributed by atoms with E-state index in [2.05, 4.69) is 0 Å². The van der Waals surface area contributed by atoms with E-state index in [1.807, 2.05) is 0 Å². The molecule has 9 heteroatoms. The molecule has 0 bridgehead atoms. The fourth-order valence-corrected chi connectivity index (χ4v) is 5.72. The summed E-state index contributed by atoms with van der Waals surface area (Å²) in [6, 6.07) is 17.1. The average molecular weight is 513 g/mol. The van der Waals surface area contributed by atoms with Crippen LogP contribution in [0.5, 0.6) is 0 Å². The number of Topliss-reactive ketones (excluding diaryl/α,β-unsaturated/α-hetero) is 2. The maximum Gasteiger partial charge on any atom is 0.338 e. The van der Waals surface area contributed by atoms with Crippen LogP contribution in [-0.2, 0) is 19.1 Å². The number of fused-ring (bicyclic) bond motifs is 3. The molecule has 0 unspecified atom stereocenters. The average Bonchev–Trinajstić information content (AvgIpc) is 3.49. The second-order valence-corrected chi connectivity index (χ2v) is 9.32. The van der Waals surface area contributed by atoms with Crippen LogP contribution in [-0.4, -0.2) is 41.6 Å². The highest BCUT2D eigenvalue weighted by molar-refractivity contribution is 6.37. The highest BCUT2D eigenvalue weighted by atomic mass is 19.1. The van der Waals surface area contributed by atoms with E-state index in [9.17, 15) is 28.4 Å². The quantitative estimate of drug-likeness (QED) is 0.298. The number of esters is 1. The molecule has 0 saturated carbocycles. The van der Waals surface area contributed by atoms with Gasteiger partial charge in [0.25, 0.3) is 0 Å². The van der Waals surface area contributed by atoms with Gasteiger partial charge in [0.1, 0.15) is 5.82 Å². The highest BCUT2D eigenvalue weighted by Gasteiger charge is 2.74. The first-order valence-electron chi connectivity index (χ1n) is 12.1. The summed E-state index contributed by atoms with van der Waals surface area (Å²) in [7, 11) is 0. The zero-order valence-corrected chi connectivity index (χ0v) is 20.1. The molecular formula is C29H20FNO7. The lowest BCUT2D eigenvalue weighted by molar-refractivity contribution is -0.127. The van der Waals surface area contributed by atoms with Crippen LogP contribution in [0.3, 0.4) is 0 Å². The first-order chi connectivity index (χ1) is 18.3. The number of amides is 2. The number of carbonyl (C=O) groups is 5. The molecule has 2 amide bonds. The SMILES string of the molecule is CCOC(=O)c1ccc(N2C(=O)[C@H]3[C@@H](c4cccc(F)c4)OC4(C(=O)c5ccccc5C4=O)[C@@H]3C2=O)cc1. The monoisotopic (exact) mass is 513 g/mol. The number of anilines is 1. The third kappa shape index (κ3) is 3.15. The Bertz CT molecular complexity index is 1510. The number of nitrogens with zero attached hydrogens (tertiary/aromatic N) is 1. The van der Waals surface area contributed by atoms with E-state index >= 15 is 0 Å². The summed E-state index contributed by atoms with van der Waals surface area (Å²) in [5, 5.41) is 0. The van der Waals surface area contributed by atoms with Crippen LogP contribution in [0.25, 0.3) is 0 Å². The smallest absolute Gasteiger partial charge is 0.338 e. The maximum atomic E-state index is 14.2. The van der Waals surface area contributed by atoms with Crippen molar-refractivity contribution in [3.8, 4) is 0 Å². The van der Waals surface area contributed by atoms with Crippen LogP contribution >= 0.6 is 0 Å². The minimum Gasteiger partial charge on any atom is -0.462 e. The van der Waals surface area contributed by atoms with Crippen molar-refractivity contribution in [3.05, 3.63) is 101 Å². The molecule has 2 fully saturated rings. The van der Waals surface area contributed by atoms with Crippen LogP contribution in [0.1, 0.15) is 49.7 Å². The number of ketones is 2. The van der Waals surface area contributed by atoms with E-state index in [0.717, 1.165) is 11.0 Å². The fourth-order valence-electron chi connectivity index (χ4n) is 5.72. The van der Waals surface area contributed by atoms with Gasteiger partial charge in [-0.3, -0.25) is 19.2 Å². The highest BCUT2D eigenvalue weighted by Crippen LogP contribution is 2.57. The summed E-state index contributed by atoms with van der Waals surface area (Å²) in [5.41, 5.74) is -1.43. The Labute approximate surface area is 216 Å². The van der Waals surface area contributed by atoms with Gasteiger partial charge in [-0.05, 0) is 48.9 Å². The van der Waals surface area contributed by atoms with Crippen LogP contribution < -0.4 is 4.90 Å². The molecule has 1 spiro atoms. The third-order valence-corrected chi connectivity index (χ3v) is 7.33. The summed E-state index contributed by atoms with van der Waals surface area (Å²) in [4.78, 5) is 68.2. The van der Waals surface area contributed by atoms with Gasteiger partial charge in [-0.2, -0.15) is 0 Å². The lowest BCUT2D eigenvalue weighted by atomic mass is 9.77. The van der Waals surface area contributed by atoms with Gasteiger partial charge < -0.3 is 9.47 Å². The van der Waals surface area contributed by atoms with Crippen molar-refractivity contribution in [2.24, 2.45) is 11.8 Å². The zero-order chi connectivity index (χ0) is 26.8. The Morgan fingerprint density at radius 1 is 0.921 bits per heavy atom. The number of imide groups is 1. The first-order valence-corrected chi connectivity index (χ1v) is 12.1. The van der Waals surface area contributed by atoms with Crippen molar-refractivity contribution < 1.29 is 37.8 Å². The molecule has 190 valence electrons. The number of benzene rings is 3. The molecule has 38 heavy (non-hydrogen) atoms. The second kappa shape index (κ2) is 8.53. The second-order valence-electron chi connectivity index (χ2n) is 9.32. The molecular weight excluding hydrogens is 493 g/mol. The third-order valence-electron chi connectivity index (χ3n) is 7.33. The number of hydrogen-bond acceptors (Lipinski definition) is 7. The van der Waals surface area contributed by atoms with E-state index in [-0.39, 0.29) is 34.5 Å². The van der Waals surface area contributed by atoms with Gasteiger partial charge in [-0.25, -0.2) is 14.1 Å². The normalized spacial score (nSPS) is 23.2. The molecule has 1 aliphatic carbocycles. The van der Waals surface area contributed by atoms with Gasteiger partial charge >= 0.3 is 5.97 Å². The molecule has 2 heterocycles.